The van der Waals surface area contributed by atoms with Gasteiger partial charge < -0.3 is 20.1 Å². The Morgan fingerprint density at radius 3 is 2.68 bits per heavy atom. The van der Waals surface area contributed by atoms with Gasteiger partial charge >= 0.3 is 0 Å². The van der Waals surface area contributed by atoms with Crippen molar-refractivity contribution in [2.75, 3.05) is 33.4 Å². The van der Waals surface area contributed by atoms with Gasteiger partial charge in [-0.05, 0) is 18.9 Å². The lowest BCUT2D eigenvalue weighted by atomic mass is 9.92. The van der Waals surface area contributed by atoms with Gasteiger partial charge in [0.2, 0.25) is 11.8 Å². The summed E-state index contributed by atoms with van der Waals surface area (Å²) >= 11 is 0. The van der Waals surface area contributed by atoms with E-state index in [4.69, 9.17) is 15.2 Å². The Kier molecular flexibility index (Phi) is 4.79. The Labute approximate surface area is 146 Å². The first-order valence-corrected chi connectivity index (χ1v) is 8.38. The first-order chi connectivity index (χ1) is 11.9. The van der Waals surface area contributed by atoms with Gasteiger partial charge in [-0.2, -0.15) is 0 Å². The number of benzene rings is 1. The number of ether oxygens (including phenoxy) is 2. The van der Waals surface area contributed by atoms with Crippen LogP contribution in [0.3, 0.4) is 0 Å². The second kappa shape index (κ2) is 6.72. The van der Waals surface area contributed by atoms with Crippen molar-refractivity contribution < 1.29 is 23.5 Å². The first-order valence-electron chi connectivity index (χ1n) is 8.38. The van der Waals surface area contributed by atoms with Gasteiger partial charge in [-0.15, -0.1) is 0 Å². The Bertz CT molecular complexity index is 677. The molecule has 1 atom stereocenters. The highest BCUT2D eigenvalue weighted by atomic mass is 19.1. The molecule has 25 heavy (non-hydrogen) atoms. The van der Waals surface area contributed by atoms with Crippen LogP contribution in [0.1, 0.15) is 24.8 Å². The number of hydrogen-bond acceptors (Lipinski definition) is 4. The van der Waals surface area contributed by atoms with Gasteiger partial charge in [-0.3, -0.25) is 9.59 Å². The molecule has 2 amide bonds. The minimum absolute atomic E-state index is 0.0417. The molecule has 2 fully saturated rings. The number of amides is 2. The molecule has 3 rings (SSSR count). The fourth-order valence-corrected chi connectivity index (χ4v) is 3.57. The predicted molar refractivity (Wildman–Crippen MR) is 88.3 cm³/mol. The highest BCUT2D eigenvalue weighted by molar-refractivity contribution is 5.91. The van der Waals surface area contributed by atoms with Crippen molar-refractivity contribution in [2.24, 2.45) is 5.73 Å². The minimum atomic E-state index is -0.969. The second-order valence-electron chi connectivity index (χ2n) is 6.87. The molecule has 1 unspecified atom stereocenters. The van der Waals surface area contributed by atoms with Crippen LogP contribution in [-0.2, 0) is 24.5 Å². The lowest BCUT2D eigenvalue weighted by Gasteiger charge is -2.35. The number of methoxy groups -OCH3 is 1. The number of halogens is 1. The molecule has 0 aromatic heterocycles. The summed E-state index contributed by atoms with van der Waals surface area (Å²) in [5.74, 6) is -1.03. The minimum Gasteiger partial charge on any atom is -0.377 e. The smallest absolute Gasteiger partial charge is 0.233 e. The molecular formula is C18H23FN2O4. The average molecular weight is 350 g/mol. The summed E-state index contributed by atoms with van der Waals surface area (Å²) in [6.07, 6.45) is 1.18. The maximum absolute atomic E-state index is 14.2. The molecule has 7 heteroatoms. The fraction of sp³-hybridized carbons (Fsp3) is 0.556. The lowest BCUT2D eigenvalue weighted by Crippen LogP contribution is -2.52. The zero-order valence-electron chi connectivity index (χ0n) is 14.3. The fourth-order valence-electron chi connectivity index (χ4n) is 3.57. The van der Waals surface area contributed by atoms with Gasteiger partial charge in [0.1, 0.15) is 11.4 Å². The maximum Gasteiger partial charge on any atom is 0.233 e. The number of carbonyl (C=O) groups excluding carboxylic acids is 2. The quantitative estimate of drug-likeness (QED) is 0.858. The zero-order valence-corrected chi connectivity index (χ0v) is 14.3. The Morgan fingerprint density at radius 2 is 2.08 bits per heavy atom. The molecule has 0 spiro atoms. The molecule has 1 aromatic rings. The summed E-state index contributed by atoms with van der Waals surface area (Å²) < 4.78 is 25.3. The van der Waals surface area contributed by atoms with Crippen molar-refractivity contribution >= 4 is 11.8 Å². The van der Waals surface area contributed by atoms with Crippen LogP contribution in [0.2, 0.25) is 0 Å². The second-order valence-corrected chi connectivity index (χ2v) is 6.87. The molecule has 1 aromatic carbocycles. The SMILES string of the molecule is COC1(CC(N)=O)COCCN(C(=O)C2(c3ccccc3F)CC2)C1. The molecular weight excluding hydrogens is 327 g/mol. The van der Waals surface area contributed by atoms with E-state index in [0.717, 1.165) is 0 Å². The summed E-state index contributed by atoms with van der Waals surface area (Å²) in [6.45, 7) is 1.09. The van der Waals surface area contributed by atoms with E-state index in [9.17, 15) is 14.0 Å². The highest BCUT2D eigenvalue weighted by Crippen LogP contribution is 2.50. The van der Waals surface area contributed by atoms with Crippen molar-refractivity contribution in [1.82, 2.24) is 4.90 Å². The molecule has 2 aliphatic rings. The van der Waals surface area contributed by atoms with Crippen LogP contribution in [-0.4, -0.2) is 55.7 Å². The third-order valence-electron chi connectivity index (χ3n) is 5.12. The average Bonchev–Trinajstić information content (AvgIpc) is 3.39. The van der Waals surface area contributed by atoms with E-state index >= 15 is 0 Å². The standard InChI is InChI=1S/C18H23FN2O4/c1-24-17(10-15(20)22)11-21(8-9-25-12-17)16(23)18(6-7-18)13-4-2-3-5-14(13)19/h2-5H,6-12H2,1H3,(H2,20,22). The van der Waals surface area contributed by atoms with Gasteiger partial charge in [-0.25, -0.2) is 4.39 Å². The van der Waals surface area contributed by atoms with Crippen molar-refractivity contribution in [2.45, 2.75) is 30.3 Å². The van der Waals surface area contributed by atoms with Gasteiger partial charge in [0, 0.05) is 19.2 Å². The topological polar surface area (TPSA) is 81.9 Å². The van der Waals surface area contributed by atoms with Gasteiger partial charge in [0.15, 0.2) is 0 Å². The molecule has 1 aliphatic carbocycles. The molecule has 1 saturated heterocycles. The van der Waals surface area contributed by atoms with Crippen LogP contribution in [0.25, 0.3) is 0 Å². The van der Waals surface area contributed by atoms with E-state index in [1.54, 1.807) is 23.1 Å². The number of nitrogens with two attached hydrogens (primary N) is 1. The number of nitrogens with zero attached hydrogens (tertiary/aromatic N) is 1. The number of carbonyl (C=O) groups is 2. The predicted octanol–water partition coefficient (Wildman–Crippen LogP) is 0.977. The summed E-state index contributed by atoms with van der Waals surface area (Å²) in [7, 11) is 1.48. The Hall–Kier alpha value is -1.99. The van der Waals surface area contributed by atoms with E-state index in [2.05, 4.69) is 0 Å². The molecule has 1 heterocycles. The van der Waals surface area contributed by atoms with Crippen LogP contribution in [0.4, 0.5) is 4.39 Å². The molecule has 1 aliphatic heterocycles. The monoisotopic (exact) mass is 350 g/mol. The molecule has 1 saturated carbocycles. The van der Waals surface area contributed by atoms with Crippen LogP contribution in [0.15, 0.2) is 24.3 Å². The molecule has 6 nitrogen and oxygen atoms in total. The van der Waals surface area contributed by atoms with Gasteiger partial charge in [0.25, 0.3) is 0 Å². The van der Waals surface area contributed by atoms with Crippen LogP contribution in [0.5, 0.6) is 0 Å². The van der Waals surface area contributed by atoms with Crippen LogP contribution < -0.4 is 5.73 Å². The van der Waals surface area contributed by atoms with Crippen molar-refractivity contribution in [3.8, 4) is 0 Å². The van der Waals surface area contributed by atoms with E-state index in [1.165, 1.54) is 13.2 Å². The summed E-state index contributed by atoms with van der Waals surface area (Å²) in [4.78, 5) is 26.3. The van der Waals surface area contributed by atoms with Crippen LogP contribution in [0, 0.1) is 5.82 Å². The summed E-state index contributed by atoms with van der Waals surface area (Å²) in [5.41, 5.74) is 3.99. The van der Waals surface area contributed by atoms with Crippen LogP contribution >= 0.6 is 0 Å². The molecule has 2 N–H and O–H groups in total. The van der Waals surface area contributed by atoms with Crippen molar-refractivity contribution in [3.63, 3.8) is 0 Å². The first kappa shape index (κ1) is 17.8. The highest BCUT2D eigenvalue weighted by Gasteiger charge is 2.55. The third-order valence-corrected chi connectivity index (χ3v) is 5.12. The summed E-state index contributed by atoms with van der Waals surface area (Å²) in [5, 5.41) is 0. The maximum atomic E-state index is 14.2. The van der Waals surface area contributed by atoms with Crippen molar-refractivity contribution in [3.05, 3.63) is 35.6 Å². The number of rotatable bonds is 5. The third kappa shape index (κ3) is 3.39. The van der Waals surface area contributed by atoms with E-state index < -0.39 is 16.9 Å². The van der Waals surface area contributed by atoms with Gasteiger partial charge in [0.05, 0.1) is 31.6 Å². The largest absolute Gasteiger partial charge is 0.377 e. The number of primary amides is 1. The molecule has 136 valence electrons. The summed E-state index contributed by atoms with van der Waals surface area (Å²) in [6, 6.07) is 6.40. The van der Waals surface area contributed by atoms with E-state index in [-0.39, 0.29) is 31.3 Å². The normalized spacial score (nSPS) is 25.3. The van der Waals surface area contributed by atoms with Gasteiger partial charge in [-0.1, -0.05) is 18.2 Å². The molecule has 0 bridgehead atoms. The lowest BCUT2D eigenvalue weighted by molar-refractivity contribution is -0.141. The van der Waals surface area contributed by atoms with E-state index in [0.29, 0.717) is 31.6 Å². The molecule has 0 radical (unpaired) electrons. The zero-order chi connectivity index (χ0) is 18.1. The Balaban J connectivity index is 1.86. The number of hydrogen-bond donors (Lipinski definition) is 1. The van der Waals surface area contributed by atoms with E-state index in [1.807, 2.05) is 0 Å². The van der Waals surface area contributed by atoms with Crippen molar-refractivity contribution in [1.29, 1.82) is 0 Å². The Morgan fingerprint density at radius 1 is 1.36 bits per heavy atom.